The van der Waals surface area contributed by atoms with Crippen molar-refractivity contribution in [3.8, 4) is 0 Å². The van der Waals surface area contributed by atoms with Crippen LogP contribution in [0.2, 0.25) is 0 Å². The highest BCUT2D eigenvalue weighted by Crippen LogP contribution is 2.25. The molecule has 4 N–H and O–H groups in total. The Morgan fingerprint density at radius 3 is 2.36 bits per heavy atom. The summed E-state index contributed by atoms with van der Waals surface area (Å²) in [5, 5.41) is 0. The number of hydrogen-bond donors (Lipinski definition) is 2. The predicted octanol–water partition coefficient (Wildman–Crippen LogP) is 2.34. The van der Waals surface area contributed by atoms with E-state index >= 15 is 0 Å². The van der Waals surface area contributed by atoms with Crippen LogP contribution in [-0.2, 0) is 12.8 Å². The Hall–Kier alpha value is -1.75. The average Bonchev–Trinajstić information content (AvgIpc) is 3.01. The smallest absolute Gasteiger partial charge is 0.223 e. The Bertz CT molecular complexity index is 576. The molecule has 3 rings (SSSR count). The SMILES string of the molecule is Cl.NC(=Nc1ccc2c(c1)CCCC2)N=C(N)N1CCCC1. The van der Waals surface area contributed by atoms with Gasteiger partial charge in [-0.3, -0.25) is 0 Å². The van der Waals surface area contributed by atoms with Gasteiger partial charge in [-0.15, -0.1) is 12.4 Å². The molecule has 22 heavy (non-hydrogen) atoms. The second-order valence-corrected chi connectivity index (χ2v) is 5.79. The number of hydrogen-bond acceptors (Lipinski definition) is 1. The van der Waals surface area contributed by atoms with Crippen LogP contribution in [0, 0.1) is 0 Å². The molecule has 2 aliphatic rings. The number of nitrogens with zero attached hydrogens (tertiary/aromatic N) is 3. The molecule has 0 atom stereocenters. The van der Waals surface area contributed by atoms with Crippen LogP contribution in [-0.4, -0.2) is 29.9 Å². The zero-order chi connectivity index (χ0) is 14.7. The molecule has 0 spiro atoms. The molecule has 0 amide bonds. The Morgan fingerprint density at radius 2 is 1.64 bits per heavy atom. The van der Waals surface area contributed by atoms with Gasteiger partial charge in [-0.2, -0.15) is 4.99 Å². The van der Waals surface area contributed by atoms with Crippen molar-refractivity contribution in [2.75, 3.05) is 13.1 Å². The molecule has 0 radical (unpaired) electrons. The van der Waals surface area contributed by atoms with E-state index in [-0.39, 0.29) is 18.4 Å². The number of likely N-dealkylation sites (tertiary alicyclic amines) is 1. The molecule has 120 valence electrons. The first-order chi connectivity index (χ1) is 10.2. The molecule has 0 bridgehead atoms. The highest BCUT2D eigenvalue weighted by atomic mass is 35.5. The van der Waals surface area contributed by atoms with Gasteiger partial charge in [0.2, 0.25) is 5.96 Å². The van der Waals surface area contributed by atoms with Crippen LogP contribution in [0.5, 0.6) is 0 Å². The molecular weight excluding hydrogens is 298 g/mol. The lowest BCUT2D eigenvalue weighted by molar-refractivity contribution is 0.514. The zero-order valence-electron chi connectivity index (χ0n) is 12.8. The minimum Gasteiger partial charge on any atom is -0.369 e. The summed E-state index contributed by atoms with van der Waals surface area (Å²) < 4.78 is 0. The van der Waals surface area contributed by atoms with Crippen LogP contribution in [0.1, 0.15) is 36.8 Å². The molecule has 5 nitrogen and oxygen atoms in total. The van der Waals surface area contributed by atoms with Gasteiger partial charge in [-0.25, -0.2) is 4.99 Å². The van der Waals surface area contributed by atoms with Crippen LogP contribution in [0.4, 0.5) is 5.69 Å². The second kappa shape index (κ2) is 7.49. The van der Waals surface area contributed by atoms with Crippen molar-refractivity contribution in [3.63, 3.8) is 0 Å². The monoisotopic (exact) mass is 321 g/mol. The standard InChI is InChI=1S/C16H23N5.ClH/c17-15(20-16(18)21-9-3-4-10-21)19-14-8-7-12-5-1-2-6-13(12)11-14;/h7-8,11H,1-6,9-10H2,(H4,17,18,19,20);1H. The fourth-order valence-corrected chi connectivity index (χ4v) is 3.08. The van der Waals surface area contributed by atoms with Gasteiger partial charge in [-0.05, 0) is 61.8 Å². The molecule has 1 aromatic rings. The third kappa shape index (κ3) is 3.91. The predicted molar refractivity (Wildman–Crippen MR) is 94.0 cm³/mol. The van der Waals surface area contributed by atoms with Crippen LogP contribution >= 0.6 is 12.4 Å². The van der Waals surface area contributed by atoms with Gasteiger partial charge in [-0.1, -0.05) is 6.07 Å². The normalized spacial score (nSPS) is 18.8. The van der Waals surface area contributed by atoms with Crippen molar-refractivity contribution in [2.24, 2.45) is 21.5 Å². The van der Waals surface area contributed by atoms with E-state index in [1.54, 1.807) is 0 Å². The van der Waals surface area contributed by atoms with Gasteiger partial charge >= 0.3 is 0 Å². The molecule has 1 aliphatic carbocycles. The number of fused-ring (bicyclic) bond motifs is 1. The van der Waals surface area contributed by atoms with Crippen LogP contribution in [0.25, 0.3) is 0 Å². The molecule has 1 heterocycles. The molecule has 0 saturated carbocycles. The maximum Gasteiger partial charge on any atom is 0.223 e. The number of guanidine groups is 2. The van der Waals surface area contributed by atoms with Gasteiger partial charge in [0.25, 0.3) is 0 Å². The van der Waals surface area contributed by atoms with Gasteiger partial charge in [0.15, 0.2) is 5.96 Å². The fourth-order valence-electron chi connectivity index (χ4n) is 3.08. The summed E-state index contributed by atoms with van der Waals surface area (Å²) in [6, 6.07) is 6.30. The highest BCUT2D eigenvalue weighted by Gasteiger charge is 2.14. The third-order valence-corrected chi connectivity index (χ3v) is 4.23. The molecule has 1 aliphatic heterocycles. The second-order valence-electron chi connectivity index (χ2n) is 5.79. The van der Waals surface area contributed by atoms with Crippen LogP contribution in [0.3, 0.4) is 0 Å². The minimum absolute atomic E-state index is 0. The summed E-state index contributed by atoms with van der Waals surface area (Å²) in [5.74, 6) is 0.710. The van der Waals surface area contributed by atoms with E-state index in [1.807, 2.05) is 6.07 Å². The summed E-state index contributed by atoms with van der Waals surface area (Å²) in [6.07, 6.45) is 7.19. The molecule has 0 unspecified atom stereocenters. The van der Waals surface area contributed by atoms with Crippen LogP contribution in [0.15, 0.2) is 28.2 Å². The third-order valence-electron chi connectivity index (χ3n) is 4.23. The number of nitrogens with two attached hydrogens (primary N) is 2. The molecule has 1 fully saturated rings. The number of rotatable bonds is 1. The molecule has 1 saturated heterocycles. The molecule has 1 aromatic carbocycles. The topological polar surface area (TPSA) is 80.0 Å². The van der Waals surface area contributed by atoms with Gasteiger partial charge < -0.3 is 16.4 Å². The van der Waals surface area contributed by atoms with E-state index in [2.05, 4.69) is 27.0 Å². The Labute approximate surface area is 137 Å². The van der Waals surface area contributed by atoms with Crippen molar-refractivity contribution in [2.45, 2.75) is 38.5 Å². The van der Waals surface area contributed by atoms with E-state index in [9.17, 15) is 0 Å². The molecule has 0 aromatic heterocycles. The zero-order valence-corrected chi connectivity index (χ0v) is 13.6. The first-order valence-corrected chi connectivity index (χ1v) is 7.77. The Balaban J connectivity index is 0.00000176. The first-order valence-electron chi connectivity index (χ1n) is 7.77. The van der Waals surface area contributed by atoms with Crippen molar-refractivity contribution >= 4 is 30.0 Å². The number of aliphatic imine (C=N–C) groups is 2. The van der Waals surface area contributed by atoms with Crippen molar-refractivity contribution in [1.82, 2.24) is 4.90 Å². The van der Waals surface area contributed by atoms with Crippen LogP contribution < -0.4 is 11.5 Å². The summed E-state index contributed by atoms with van der Waals surface area (Å²) in [6.45, 7) is 1.92. The maximum absolute atomic E-state index is 5.96. The lowest BCUT2D eigenvalue weighted by atomic mass is 9.91. The summed E-state index contributed by atoms with van der Waals surface area (Å²) >= 11 is 0. The van der Waals surface area contributed by atoms with Crippen molar-refractivity contribution < 1.29 is 0 Å². The van der Waals surface area contributed by atoms with Gasteiger partial charge in [0.1, 0.15) is 0 Å². The van der Waals surface area contributed by atoms with E-state index in [1.165, 1.54) is 30.4 Å². The Kier molecular flexibility index (Phi) is 5.66. The number of benzene rings is 1. The quantitative estimate of drug-likeness (QED) is 0.615. The summed E-state index contributed by atoms with van der Waals surface area (Å²) in [5.41, 5.74) is 15.6. The van der Waals surface area contributed by atoms with Crippen molar-refractivity contribution in [3.05, 3.63) is 29.3 Å². The van der Waals surface area contributed by atoms with E-state index in [4.69, 9.17) is 11.5 Å². The largest absolute Gasteiger partial charge is 0.369 e. The lowest BCUT2D eigenvalue weighted by Gasteiger charge is -2.16. The van der Waals surface area contributed by atoms with E-state index in [0.29, 0.717) is 5.96 Å². The fraction of sp³-hybridized carbons (Fsp3) is 0.500. The molecule has 6 heteroatoms. The van der Waals surface area contributed by atoms with Gasteiger partial charge in [0.05, 0.1) is 5.69 Å². The highest BCUT2D eigenvalue weighted by molar-refractivity contribution is 5.94. The summed E-state index contributed by atoms with van der Waals surface area (Å²) in [7, 11) is 0. The Morgan fingerprint density at radius 1 is 0.955 bits per heavy atom. The number of aryl methyl sites for hydroxylation is 2. The molecular formula is C16H24ClN5. The minimum atomic E-state index is 0. The van der Waals surface area contributed by atoms with E-state index < -0.39 is 0 Å². The summed E-state index contributed by atoms with van der Waals surface area (Å²) in [4.78, 5) is 10.6. The number of halogens is 1. The maximum atomic E-state index is 5.96. The van der Waals surface area contributed by atoms with Gasteiger partial charge in [0, 0.05) is 13.1 Å². The first kappa shape index (κ1) is 16.6. The lowest BCUT2D eigenvalue weighted by Crippen LogP contribution is -2.36. The van der Waals surface area contributed by atoms with E-state index in [0.717, 1.165) is 38.0 Å². The average molecular weight is 322 g/mol. The van der Waals surface area contributed by atoms with Crippen molar-refractivity contribution in [1.29, 1.82) is 0 Å².